The molecule has 106 valence electrons. The summed E-state index contributed by atoms with van der Waals surface area (Å²) in [7, 11) is 1.95. The fourth-order valence-electron chi connectivity index (χ4n) is 2.94. The second-order valence-corrected chi connectivity index (χ2v) is 5.40. The number of piperidine rings is 1. The summed E-state index contributed by atoms with van der Waals surface area (Å²) in [5.41, 5.74) is 0.463. The molecule has 19 heavy (non-hydrogen) atoms. The molecule has 0 amide bonds. The Morgan fingerprint density at radius 1 is 1.42 bits per heavy atom. The van der Waals surface area contributed by atoms with Crippen molar-refractivity contribution in [2.45, 2.75) is 25.8 Å². The van der Waals surface area contributed by atoms with Gasteiger partial charge in [0.05, 0.1) is 0 Å². The van der Waals surface area contributed by atoms with Crippen LogP contribution in [0.25, 0.3) is 0 Å². The highest BCUT2D eigenvalue weighted by Crippen LogP contribution is 2.28. The molecule has 2 rings (SSSR count). The summed E-state index contributed by atoms with van der Waals surface area (Å²) >= 11 is 0. The molecule has 1 N–H and O–H groups in total. The van der Waals surface area contributed by atoms with E-state index in [1.54, 1.807) is 0 Å². The van der Waals surface area contributed by atoms with Crippen molar-refractivity contribution >= 4 is 0 Å². The summed E-state index contributed by atoms with van der Waals surface area (Å²) in [6, 6.07) is 3.64. The van der Waals surface area contributed by atoms with E-state index in [9.17, 15) is 8.78 Å². The minimum absolute atomic E-state index is 0.0737. The van der Waals surface area contributed by atoms with Gasteiger partial charge in [-0.1, -0.05) is 0 Å². The lowest BCUT2D eigenvalue weighted by Gasteiger charge is -2.37. The molecule has 2 atom stereocenters. The van der Waals surface area contributed by atoms with Crippen LogP contribution in [0.5, 0.6) is 0 Å². The van der Waals surface area contributed by atoms with Crippen LogP contribution in [0.1, 0.15) is 31.4 Å². The molecule has 2 unspecified atom stereocenters. The van der Waals surface area contributed by atoms with Crippen molar-refractivity contribution in [2.24, 2.45) is 5.92 Å². The summed E-state index contributed by atoms with van der Waals surface area (Å²) < 4.78 is 27.1. The molecule has 0 aromatic heterocycles. The first-order valence-corrected chi connectivity index (χ1v) is 6.95. The zero-order chi connectivity index (χ0) is 13.8. The van der Waals surface area contributed by atoms with Crippen molar-refractivity contribution in [1.82, 2.24) is 10.2 Å². The van der Waals surface area contributed by atoms with E-state index >= 15 is 0 Å². The smallest absolute Gasteiger partial charge is 0.128 e. The molecule has 0 aliphatic carbocycles. The average Bonchev–Trinajstić information content (AvgIpc) is 2.41. The van der Waals surface area contributed by atoms with Crippen molar-refractivity contribution in [2.75, 3.05) is 26.7 Å². The van der Waals surface area contributed by atoms with Crippen LogP contribution >= 0.6 is 0 Å². The molecule has 0 saturated carbocycles. The van der Waals surface area contributed by atoms with Crippen molar-refractivity contribution in [3.05, 3.63) is 35.4 Å². The highest BCUT2D eigenvalue weighted by molar-refractivity contribution is 5.22. The molecule has 1 aromatic rings. The van der Waals surface area contributed by atoms with E-state index in [0.717, 1.165) is 26.1 Å². The summed E-state index contributed by atoms with van der Waals surface area (Å²) in [5, 5.41) is 3.20. The molecule has 1 saturated heterocycles. The van der Waals surface area contributed by atoms with E-state index in [2.05, 4.69) is 10.2 Å². The van der Waals surface area contributed by atoms with Gasteiger partial charge in [-0.25, -0.2) is 8.78 Å². The van der Waals surface area contributed by atoms with E-state index in [1.165, 1.54) is 24.6 Å². The number of benzene rings is 1. The maximum absolute atomic E-state index is 13.8. The van der Waals surface area contributed by atoms with E-state index in [1.807, 2.05) is 14.0 Å². The van der Waals surface area contributed by atoms with Crippen LogP contribution in [-0.2, 0) is 0 Å². The Bertz CT molecular complexity index is 421. The van der Waals surface area contributed by atoms with E-state index < -0.39 is 0 Å². The Kier molecular flexibility index (Phi) is 4.88. The number of nitrogens with zero attached hydrogens (tertiary/aromatic N) is 1. The predicted molar refractivity (Wildman–Crippen MR) is 73.0 cm³/mol. The van der Waals surface area contributed by atoms with Gasteiger partial charge in [0.25, 0.3) is 0 Å². The zero-order valence-corrected chi connectivity index (χ0v) is 11.6. The predicted octanol–water partition coefficient (Wildman–Crippen LogP) is 2.96. The Morgan fingerprint density at radius 2 is 2.21 bits per heavy atom. The van der Waals surface area contributed by atoms with Gasteiger partial charge in [0.2, 0.25) is 0 Å². The standard InChI is InChI=1S/C15H22F2N2/c1-11(14-8-13(16)5-6-15(14)17)19-7-3-4-12(10-19)9-18-2/h5-6,8,11-12,18H,3-4,7,9-10H2,1-2H3. The van der Waals surface area contributed by atoms with Gasteiger partial charge in [0.15, 0.2) is 0 Å². The molecule has 1 aliphatic heterocycles. The molecule has 0 bridgehead atoms. The van der Waals surface area contributed by atoms with Gasteiger partial charge in [-0.2, -0.15) is 0 Å². The van der Waals surface area contributed by atoms with E-state index in [-0.39, 0.29) is 17.7 Å². The van der Waals surface area contributed by atoms with Crippen molar-refractivity contribution in [3.63, 3.8) is 0 Å². The van der Waals surface area contributed by atoms with E-state index in [0.29, 0.717) is 11.5 Å². The fraction of sp³-hybridized carbons (Fsp3) is 0.600. The highest BCUT2D eigenvalue weighted by Gasteiger charge is 2.25. The molecule has 1 heterocycles. The lowest BCUT2D eigenvalue weighted by Crippen LogP contribution is -2.40. The first kappa shape index (κ1) is 14.4. The molecular formula is C15H22F2N2. The topological polar surface area (TPSA) is 15.3 Å². The highest BCUT2D eigenvalue weighted by atomic mass is 19.1. The Balaban J connectivity index is 2.10. The maximum atomic E-state index is 13.8. The van der Waals surface area contributed by atoms with Crippen LogP contribution in [0.4, 0.5) is 8.78 Å². The van der Waals surface area contributed by atoms with Gasteiger partial charge >= 0.3 is 0 Å². The minimum atomic E-state index is -0.368. The van der Waals surface area contributed by atoms with Gasteiger partial charge in [0, 0.05) is 18.2 Å². The second kappa shape index (κ2) is 6.44. The molecular weight excluding hydrogens is 246 g/mol. The van der Waals surface area contributed by atoms with Crippen LogP contribution < -0.4 is 5.32 Å². The number of halogens is 2. The molecule has 1 aliphatic rings. The normalized spacial score (nSPS) is 22.4. The quantitative estimate of drug-likeness (QED) is 0.903. The molecule has 0 radical (unpaired) electrons. The van der Waals surface area contributed by atoms with Crippen molar-refractivity contribution in [3.8, 4) is 0 Å². The third kappa shape index (κ3) is 3.51. The summed E-state index contributed by atoms with van der Waals surface area (Å²) in [4.78, 5) is 2.25. The largest absolute Gasteiger partial charge is 0.319 e. The van der Waals surface area contributed by atoms with Gasteiger partial charge in [0.1, 0.15) is 11.6 Å². The summed E-state index contributed by atoms with van der Waals surface area (Å²) in [5.74, 6) is -0.0884. The third-order valence-electron chi connectivity index (χ3n) is 4.00. The number of hydrogen-bond donors (Lipinski definition) is 1. The van der Waals surface area contributed by atoms with Gasteiger partial charge in [-0.05, 0) is 64.0 Å². The van der Waals surface area contributed by atoms with Crippen molar-refractivity contribution < 1.29 is 8.78 Å². The van der Waals surface area contributed by atoms with Gasteiger partial charge in [-0.3, -0.25) is 4.90 Å². The average molecular weight is 268 g/mol. The lowest BCUT2D eigenvalue weighted by molar-refractivity contribution is 0.129. The maximum Gasteiger partial charge on any atom is 0.128 e. The second-order valence-electron chi connectivity index (χ2n) is 5.40. The molecule has 0 spiro atoms. The van der Waals surface area contributed by atoms with E-state index in [4.69, 9.17) is 0 Å². The molecule has 1 aromatic carbocycles. The van der Waals surface area contributed by atoms with Crippen LogP contribution in [-0.4, -0.2) is 31.6 Å². The van der Waals surface area contributed by atoms with Crippen LogP contribution in [0, 0.1) is 17.6 Å². The molecule has 4 heteroatoms. The minimum Gasteiger partial charge on any atom is -0.319 e. The lowest BCUT2D eigenvalue weighted by atomic mass is 9.95. The van der Waals surface area contributed by atoms with Crippen LogP contribution in [0.3, 0.4) is 0 Å². The number of rotatable bonds is 4. The van der Waals surface area contributed by atoms with Crippen LogP contribution in [0.2, 0.25) is 0 Å². The summed E-state index contributed by atoms with van der Waals surface area (Å²) in [6.45, 7) is 4.84. The number of nitrogens with one attached hydrogen (secondary N) is 1. The third-order valence-corrected chi connectivity index (χ3v) is 4.00. The molecule has 1 fully saturated rings. The number of hydrogen-bond acceptors (Lipinski definition) is 2. The zero-order valence-electron chi connectivity index (χ0n) is 11.6. The SMILES string of the molecule is CNCC1CCCN(C(C)c2cc(F)ccc2F)C1. The Morgan fingerprint density at radius 3 is 2.95 bits per heavy atom. The number of likely N-dealkylation sites (tertiary alicyclic amines) is 1. The van der Waals surface area contributed by atoms with Crippen molar-refractivity contribution in [1.29, 1.82) is 0 Å². The Hall–Kier alpha value is -1.00. The Labute approximate surface area is 113 Å². The fourth-order valence-corrected chi connectivity index (χ4v) is 2.94. The van der Waals surface area contributed by atoms with Gasteiger partial charge in [-0.15, -0.1) is 0 Å². The first-order valence-electron chi connectivity index (χ1n) is 6.95. The van der Waals surface area contributed by atoms with Gasteiger partial charge < -0.3 is 5.32 Å². The molecule has 2 nitrogen and oxygen atoms in total. The first-order chi connectivity index (χ1) is 9.11. The monoisotopic (exact) mass is 268 g/mol. The van der Waals surface area contributed by atoms with Crippen LogP contribution in [0.15, 0.2) is 18.2 Å². The summed E-state index contributed by atoms with van der Waals surface area (Å²) in [6.07, 6.45) is 2.32.